The third-order valence-electron chi connectivity index (χ3n) is 4.36. The molecular weight excluding hydrogens is 308 g/mol. The van der Waals surface area contributed by atoms with Crippen LogP contribution in [0.1, 0.15) is 43.0 Å². The van der Waals surface area contributed by atoms with Crippen LogP contribution in [-0.2, 0) is 11.3 Å². The lowest BCUT2D eigenvalue weighted by atomic mass is 10.0. The molecule has 1 amide bonds. The molecule has 1 fully saturated rings. The van der Waals surface area contributed by atoms with Crippen molar-refractivity contribution in [1.82, 2.24) is 15.5 Å². The molecule has 23 heavy (non-hydrogen) atoms. The zero-order valence-electron chi connectivity index (χ0n) is 14.4. The third-order valence-corrected chi connectivity index (χ3v) is 5.39. The summed E-state index contributed by atoms with van der Waals surface area (Å²) in [7, 11) is 1.76. The first kappa shape index (κ1) is 17.8. The second kappa shape index (κ2) is 8.91. The Hall–Kier alpha value is -1.56. The second-order valence-electron chi connectivity index (χ2n) is 6.06. The topological polar surface area (TPSA) is 56.7 Å². The van der Waals surface area contributed by atoms with E-state index in [0.717, 1.165) is 31.9 Å². The molecule has 1 aromatic rings. The van der Waals surface area contributed by atoms with Gasteiger partial charge in [-0.1, -0.05) is 0 Å². The zero-order valence-corrected chi connectivity index (χ0v) is 15.2. The molecule has 2 heterocycles. The molecule has 6 heteroatoms. The van der Waals surface area contributed by atoms with Crippen LogP contribution in [0.4, 0.5) is 0 Å². The van der Waals surface area contributed by atoms with Gasteiger partial charge in [-0.05, 0) is 50.1 Å². The van der Waals surface area contributed by atoms with Crippen molar-refractivity contribution in [3.05, 3.63) is 21.9 Å². The summed E-state index contributed by atoms with van der Waals surface area (Å²) in [6, 6.07) is 2.51. The number of thiophene rings is 1. The molecule has 0 aliphatic carbocycles. The maximum Gasteiger partial charge on any atom is 0.224 e. The van der Waals surface area contributed by atoms with Gasteiger partial charge in [0.05, 0.1) is 6.54 Å². The second-order valence-corrected chi connectivity index (χ2v) is 7.06. The van der Waals surface area contributed by atoms with Crippen molar-refractivity contribution in [3.8, 4) is 0 Å². The molecule has 5 nitrogen and oxygen atoms in total. The van der Waals surface area contributed by atoms with Crippen molar-refractivity contribution < 1.29 is 4.79 Å². The number of nitrogens with zero attached hydrogens (tertiary/aromatic N) is 2. The van der Waals surface area contributed by atoms with Crippen LogP contribution in [0.3, 0.4) is 0 Å². The lowest BCUT2D eigenvalue weighted by Gasteiger charge is -2.33. The van der Waals surface area contributed by atoms with Crippen LogP contribution in [0.25, 0.3) is 0 Å². The normalized spacial score (nSPS) is 18.8. The van der Waals surface area contributed by atoms with Gasteiger partial charge >= 0.3 is 0 Å². The van der Waals surface area contributed by atoms with E-state index < -0.39 is 0 Å². The fourth-order valence-corrected chi connectivity index (χ4v) is 3.72. The van der Waals surface area contributed by atoms with Crippen LogP contribution in [0.2, 0.25) is 0 Å². The largest absolute Gasteiger partial charge is 0.356 e. The quantitative estimate of drug-likeness (QED) is 0.642. The van der Waals surface area contributed by atoms with Gasteiger partial charge in [-0.3, -0.25) is 9.79 Å². The highest BCUT2D eigenvalue weighted by Crippen LogP contribution is 2.17. The molecule has 0 aromatic carbocycles. The smallest absolute Gasteiger partial charge is 0.224 e. The molecule has 1 saturated heterocycles. The van der Waals surface area contributed by atoms with E-state index in [9.17, 15) is 4.79 Å². The fraction of sp³-hybridized carbons (Fsp3) is 0.647. The number of rotatable bonds is 5. The van der Waals surface area contributed by atoms with Crippen LogP contribution in [-0.4, -0.2) is 42.9 Å². The van der Waals surface area contributed by atoms with Crippen molar-refractivity contribution in [2.45, 2.75) is 52.1 Å². The van der Waals surface area contributed by atoms with Crippen LogP contribution in [0.15, 0.2) is 16.4 Å². The van der Waals surface area contributed by atoms with Gasteiger partial charge in [-0.25, -0.2) is 0 Å². The SMILES string of the molecule is CN=C(NCCC(=O)N1CCCCC1C)NCc1sccc1C. The maximum atomic E-state index is 12.3. The van der Waals surface area contributed by atoms with E-state index in [1.807, 2.05) is 4.90 Å². The van der Waals surface area contributed by atoms with Gasteiger partial charge in [0.2, 0.25) is 5.91 Å². The lowest BCUT2D eigenvalue weighted by molar-refractivity contribution is -0.134. The monoisotopic (exact) mass is 336 g/mol. The lowest BCUT2D eigenvalue weighted by Crippen LogP contribution is -2.44. The van der Waals surface area contributed by atoms with Crippen molar-refractivity contribution in [3.63, 3.8) is 0 Å². The molecule has 1 aliphatic rings. The zero-order chi connectivity index (χ0) is 16.7. The molecule has 1 aliphatic heterocycles. The van der Waals surface area contributed by atoms with Crippen LogP contribution in [0, 0.1) is 6.92 Å². The molecule has 1 atom stereocenters. The molecule has 2 N–H and O–H groups in total. The van der Waals surface area contributed by atoms with Gasteiger partial charge in [-0.2, -0.15) is 0 Å². The molecule has 0 bridgehead atoms. The minimum atomic E-state index is 0.245. The summed E-state index contributed by atoms with van der Waals surface area (Å²) in [4.78, 5) is 19.8. The average molecular weight is 337 g/mol. The van der Waals surface area contributed by atoms with E-state index in [2.05, 4.69) is 40.9 Å². The van der Waals surface area contributed by atoms with Gasteiger partial charge in [0.25, 0.3) is 0 Å². The molecule has 0 saturated carbocycles. The number of likely N-dealkylation sites (tertiary alicyclic amines) is 1. The van der Waals surface area contributed by atoms with E-state index in [-0.39, 0.29) is 5.91 Å². The van der Waals surface area contributed by atoms with Crippen molar-refractivity contribution >= 4 is 23.2 Å². The average Bonchev–Trinajstić information content (AvgIpc) is 2.96. The van der Waals surface area contributed by atoms with Crippen LogP contribution >= 0.6 is 11.3 Å². The van der Waals surface area contributed by atoms with Crippen LogP contribution < -0.4 is 10.6 Å². The van der Waals surface area contributed by atoms with E-state index in [0.29, 0.717) is 19.0 Å². The van der Waals surface area contributed by atoms with Gasteiger partial charge in [-0.15, -0.1) is 11.3 Å². The fourth-order valence-electron chi connectivity index (χ4n) is 2.87. The van der Waals surface area contributed by atoms with E-state index in [4.69, 9.17) is 0 Å². The number of guanidine groups is 1. The molecule has 0 spiro atoms. The molecule has 0 radical (unpaired) electrons. The number of carbonyl (C=O) groups is 1. The molecule has 128 valence electrons. The maximum absolute atomic E-state index is 12.3. The summed E-state index contributed by atoms with van der Waals surface area (Å²) >= 11 is 1.74. The molecular formula is C17H28N4OS. The Bertz CT molecular complexity index is 540. The number of hydrogen-bond acceptors (Lipinski definition) is 3. The number of piperidine rings is 1. The van der Waals surface area contributed by atoms with Crippen molar-refractivity contribution in [2.24, 2.45) is 4.99 Å². The van der Waals surface area contributed by atoms with Gasteiger partial charge < -0.3 is 15.5 Å². The Morgan fingerprint density at radius 1 is 1.43 bits per heavy atom. The summed E-state index contributed by atoms with van der Waals surface area (Å²) in [5, 5.41) is 8.63. The Morgan fingerprint density at radius 2 is 2.26 bits per heavy atom. The number of aryl methyl sites for hydroxylation is 1. The Balaban J connectivity index is 1.71. The Labute approximate surface area is 143 Å². The Morgan fingerprint density at radius 3 is 2.91 bits per heavy atom. The number of hydrogen-bond donors (Lipinski definition) is 2. The predicted octanol–water partition coefficient (Wildman–Crippen LogP) is 2.51. The van der Waals surface area contributed by atoms with E-state index in [1.165, 1.54) is 16.9 Å². The first-order valence-electron chi connectivity index (χ1n) is 8.38. The Kier molecular flexibility index (Phi) is 6.89. The number of nitrogens with one attached hydrogen (secondary N) is 2. The van der Waals surface area contributed by atoms with Crippen LogP contribution in [0.5, 0.6) is 0 Å². The van der Waals surface area contributed by atoms with Crippen molar-refractivity contribution in [2.75, 3.05) is 20.1 Å². The van der Waals surface area contributed by atoms with E-state index in [1.54, 1.807) is 18.4 Å². The summed E-state index contributed by atoms with van der Waals surface area (Å²) < 4.78 is 0. The molecule has 1 unspecified atom stereocenters. The first-order valence-corrected chi connectivity index (χ1v) is 9.26. The molecule has 2 rings (SSSR count). The summed E-state index contributed by atoms with van der Waals surface area (Å²) in [5.41, 5.74) is 1.30. The summed E-state index contributed by atoms with van der Waals surface area (Å²) in [6.45, 7) is 6.55. The molecule has 1 aromatic heterocycles. The standard InChI is InChI=1S/C17H28N4OS/c1-13-8-11-23-15(13)12-20-17(18-3)19-9-7-16(22)21-10-5-4-6-14(21)2/h8,11,14H,4-7,9-10,12H2,1-3H3,(H2,18,19,20). The highest BCUT2D eigenvalue weighted by atomic mass is 32.1. The van der Waals surface area contributed by atoms with E-state index >= 15 is 0 Å². The highest BCUT2D eigenvalue weighted by Gasteiger charge is 2.22. The predicted molar refractivity (Wildman–Crippen MR) is 96.9 cm³/mol. The number of amides is 1. The summed E-state index contributed by atoms with van der Waals surface area (Å²) in [5.74, 6) is 0.992. The van der Waals surface area contributed by atoms with Crippen molar-refractivity contribution in [1.29, 1.82) is 0 Å². The minimum absolute atomic E-state index is 0.245. The summed E-state index contributed by atoms with van der Waals surface area (Å²) in [6.07, 6.45) is 4.01. The van der Waals surface area contributed by atoms with Gasteiger partial charge in [0, 0.05) is 37.5 Å². The minimum Gasteiger partial charge on any atom is -0.356 e. The highest BCUT2D eigenvalue weighted by molar-refractivity contribution is 7.10. The number of carbonyl (C=O) groups excluding carboxylic acids is 1. The first-order chi connectivity index (χ1) is 11.1. The van der Waals surface area contributed by atoms with Gasteiger partial charge in [0.15, 0.2) is 5.96 Å². The van der Waals surface area contributed by atoms with Gasteiger partial charge in [0.1, 0.15) is 0 Å². The number of aliphatic imine (C=N–C) groups is 1. The third kappa shape index (κ3) is 5.23.